The molecule has 2 heterocycles. The molecule has 1 atom stereocenters. The highest BCUT2D eigenvalue weighted by Gasteiger charge is 2.31. The molecule has 1 aliphatic carbocycles. The third-order valence-electron chi connectivity index (χ3n) is 5.05. The van der Waals surface area contributed by atoms with Crippen molar-refractivity contribution in [3.63, 3.8) is 0 Å². The van der Waals surface area contributed by atoms with Crippen LogP contribution in [0.3, 0.4) is 0 Å². The van der Waals surface area contributed by atoms with Crippen molar-refractivity contribution in [2.45, 2.75) is 45.6 Å². The van der Waals surface area contributed by atoms with Crippen LogP contribution in [0.2, 0.25) is 10.0 Å². The van der Waals surface area contributed by atoms with Crippen molar-refractivity contribution < 1.29 is 0 Å². The molecule has 2 nitrogen and oxygen atoms in total. The summed E-state index contributed by atoms with van der Waals surface area (Å²) in [6.45, 7) is 6.06. The minimum atomic E-state index is 0.208. The highest BCUT2D eigenvalue weighted by molar-refractivity contribution is 9.11. The number of hydrogen-bond donors (Lipinski definition) is 2. The summed E-state index contributed by atoms with van der Waals surface area (Å²) in [6, 6.07) is 4.18. The number of nitrogens with one attached hydrogen (secondary N) is 2. The molecule has 2 aliphatic heterocycles. The first kappa shape index (κ1) is 20.0. The molecule has 0 radical (unpaired) electrons. The zero-order valence-electron chi connectivity index (χ0n) is 15.3. The van der Waals surface area contributed by atoms with Gasteiger partial charge in [0.05, 0.1) is 6.04 Å². The molecule has 2 N–H and O–H groups in total. The van der Waals surface area contributed by atoms with Gasteiger partial charge in [0.15, 0.2) is 0 Å². The fraction of sp³-hybridized carbons (Fsp3) is 0.429. The van der Waals surface area contributed by atoms with Gasteiger partial charge in [-0.2, -0.15) is 0 Å². The molecule has 0 saturated carbocycles. The van der Waals surface area contributed by atoms with Crippen molar-refractivity contribution in [1.82, 2.24) is 10.6 Å². The summed E-state index contributed by atoms with van der Waals surface area (Å²) in [7, 11) is 0. The van der Waals surface area contributed by atoms with Crippen LogP contribution in [0.15, 0.2) is 40.0 Å². The number of fused-ring (bicyclic) bond motifs is 2. The molecule has 1 fully saturated rings. The Morgan fingerprint density at radius 2 is 1.77 bits per heavy atom. The number of rotatable bonds is 0. The molecular formula is C21H25BrCl2N2. The van der Waals surface area contributed by atoms with Gasteiger partial charge in [0.25, 0.3) is 0 Å². The average Bonchev–Trinajstić information content (AvgIpc) is 2.81. The van der Waals surface area contributed by atoms with Crippen LogP contribution < -0.4 is 10.6 Å². The molecule has 1 saturated heterocycles. The van der Waals surface area contributed by atoms with E-state index < -0.39 is 0 Å². The van der Waals surface area contributed by atoms with E-state index in [1.54, 1.807) is 0 Å². The molecule has 5 heteroatoms. The summed E-state index contributed by atoms with van der Waals surface area (Å²) in [4.78, 5) is 0. The van der Waals surface area contributed by atoms with Crippen LogP contribution in [-0.2, 0) is 6.42 Å². The van der Waals surface area contributed by atoms with E-state index in [0.717, 1.165) is 53.3 Å². The molecule has 26 heavy (non-hydrogen) atoms. The Labute approximate surface area is 174 Å². The van der Waals surface area contributed by atoms with Crippen LogP contribution in [-0.4, -0.2) is 19.1 Å². The molecule has 4 rings (SSSR count). The van der Waals surface area contributed by atoms with Crippen molar-refractivity contribution in [1.29, 1.82) is 0 Å². The third-order valence-corrected chi connectivity index (χ3v) is 6.02. The number of benzene rings is 1. The largest absolute Gasteiger partial charge is 0.379 e. The van der Waals surface area contributed by atoms with Gasteiger partial charge in [0.2, 0.25) is 0 Å². The molecule has 0 amide bonds. The summed E-state index contributed by atoms with van der Waals surface area (Å²) in [6.07, 6.45) is 8.43. The lowest BCUT2D eigenvalue weighted by Gasteiger charge is -2.30. The maximum atomic E-state index is 6.69. The van der Waals surface area contributed by atoms with E-state index in [2.05, 4.69) is 38.7 Å². The van der Waals surface area contributed by atoms with E-state index >= 15 is 0 Å². The van der Waals surface area contributed by atoms with Crippen LogP contribution in [0.25, 0.3) is 5.57 Å². The molecule has 1 unspecified atom stereocenters. The maximum Gasteiger partial charge on any atom is 0.0732 e. The normalized spacial score (nSPS) is 22.0. The number of hydrogen-bond acceptors (Lipinski definition) is 2. The van der Waals surface area contributed by atoms with Crippen LogP contribution in [0.4, 0.5) is 0 Å². The molecule has 0 bridgehead atoms. The quantitative estimate of drug-likeness (QED) is 0.483. The molecule has 140 valence electrons. The van der Waals surface area contributed by atoms with Crippen LogP contribution >= 0.6 is 39.1 Å². The van der Waals surface area contributed by atoms with E-state index in [9.17, 15) is 0 Å². The van der Waals surface area contributed by atoms with E-state index in [-0.39, 0.29) is 6.04 Å². The lowest BCUT2D eigenvalue weighted by atomic mass is 9.85. The Bertz CT molecular complexity index is 772. The van der Waals surface area contributed by atoms with Crippen molar-refractivity contribution in [2.75, 3.05) is 13.1 Å². The molecular weight excluding hydrogens is 431 g/mol. The van der Waals surface area contributed by atoms with Gasteiger partial charge >= 0.3 is 0 Å². The first-order valence-electron chi connectivity index (χ1n) is 9.36. The zero-order valence-corrected chi connectivity index (χ0v) is 18.4. The van der Waals surface area contributed by atoms with Gasteiger partial charge in [0.1, 0.15) is 0 Å². The predicted octanol–water partition coefficient (Wildman–Crippen LogP) is 6.24. The molecule has 1 aromatic carbocycles. The first-order valence-corrected chi connectivity index (χ1v) is 10.9. The lowest BCUT2D eigenvalue weighted by molar-refractivity contribution is 0.606. The number of piperidine rings is 1. The average molecular weight is 456 g/mol. The Hall–Kier alpha value is -0.740. The smallest absolute Gasteiger partial charge is 0.0732 e. The van der Waals surface area contributed by atoms with E-state index in [0.29, 0.717) is 0 Å². The van der Waals surface area contributed by atoms with Gasteiger partial charge in [-0.3, -0.25) is 0 Å². The van der Waals surface area contributed by atoms with Crippen molar-refractivity contribution >= 4 is 44.7 Å². The lowest BCUT2D eigenvalue weighted by Crippen LogP contribution is -2.33. The van der Waals surface area contributed by atoms with E-state index in [1.807, 2.05) is 26.1 Å². The number of dihydropyridines is 1. The highest BCUT2D eigenvalue weighted by Crippen LogP contribution is 2.43. The Morgan fingerprint density at radius 3 is 2.50 bits per heavy atom. The van der Waals surface area contributed by atoms with Crippen molar-refractivity contribution in [3.8, 4) is 0 Å². The second-order valence-electron chi connectivity index (χ2n) is 6.54. The van der Waals surface area contributed by atoms with Gasteiger partial charge in [-0.1, -0.05) is 42.6 Å². The molecule has 0 aromatic heterocycles. The van der Waals surface area contributed by atoms with Crippen molar-refractivity contribution in [3.05, 3.63) is 61.2 Å². The Morgan fingerprint density at radius 1 is 1.04 bits per heavy atom. The third kappa shape index (κ3) is 4.06. The SMILES string of the molecule is CC.Clc1cc(Cl)c2c(c1)CCC1=CC(Br)=CNC1C2=C1CCNCC1. The van der Waals surface area contributed by atoms with Crippen LogP contribution in [0.1, 0.15) is 44.2 Å². The fourth-order valence-corrected chi connectivity index (χ4v) is 5.05. The Kier molecular flexibility index (Phi) is 6.90. The maximum absolute atomic E-state index is 6.69. The molecule has 1 aromatic rings. The van der Waals surface area contributed by atoms with Gasteiger partial charge in [0, 0.05) is 26.3 Å². The number of allylic oxidation sites excluding steroid dienone is 2. The monoisotopic (exact) mass is 454 g/mol. The van der Waals surface area contributed by atoms with Gasteiger partial charge < -0.3 is 10.6 Å². The summed E-state index contributed by atoms with van der Waals surface area (Å²) in [5, 5.41) is 8.54. The summed E-state index contributed by atoms with van der Waals surface area (Å²) < 4.78 is 1.10. The van der Waals surface area contributed by atoms with Crippen molar-refractivity contribution in [2.24, 2.45) is 0 Å². The highest BCUT2D eigenvalue weighted by atomic mass is 79.9. The molecule has 0 spiro atoms. The fourth-order valence-electron chi connectivity index (χ4n) is 3.99. The van der Waals surface area contributed by atoms with Gasteiger partial charge in [-0.05, 0) is 89.6 Å². The van der Waals surface area contributed by atoms with Gasteiger partial charge in [-0.25, -0.2) is 0 Å². The first-order chi connectivity index (χ1) is 12.6. The van der Waals surface area contributed by atoms with E-state index in [1.165, 1.54) is 27.8 Å². The zero-order chi connectivity index (χ0) is 18.7. The van der Waals surface area contributed by atoms with Crippen LogP contribution in [0.5, 0.6) is 0 Å². The van der Waals surface area contributed by atoms with Gasteiger partial charge in [-0.15, -0.1) is 0 Å². The summed E-state index contributed by atoms with van der Waals surface area (Å²) >= 11 is 16.6. The standard InChI is InChI=1S/C19H19BrCl2N2.C2H6/c20-14-7-13-2-1-12-8-15(21)9-16(22)17(12)18(19(13)24-10-14)11-3-5-23-6-4-11;1-2/h7-10,19,23-24H,1-6H2;1-2H3. The van der Waals surface area contributed by atoms with Crippen LogP contribution in [0, 0.1) is 0 Å². The second kappa shape index (κ2) is 8.97. The van der Waals surface area contributed by atoms with E-state index in [4.69, 9.17) is 23.2 Å². The molecule has 3 aliphatic rings. The second-order valence-corrected chi connectivity index (χ2v) is 8.30. The topological polar surface area (TPSA) is 24.1 Å². The number of halogens is 3. The number of aryl methyl sites for hydroxylation is 1. The Balaban J connectivity index is 0.000000948. The summed E-state index contributed by atoms with van der Waals surface area (Å²) in [5.74, 6) is 0. The predicted molar refractivity (Wildman–Crippen MR) is 117 cm³/mol. The minimum Gasteiger partial charge on any atom is -0.379 e. The summed E-state index contributed by atoms with van der Waals surface area (Å²) in [5.41, 5.74) is 6.75. The minimum absolute atomic E-state index is 0.208.